The Kier molecular flexibility index (Phi) is 13.8. The Hall–Kier alpha value is -2.83. The van der Waals surface area contributed by atoms with E-state index in [1.54, 1.807) is 0 Å². The van der Waals surface area contributed by atoms with Crippen LogP contribution in [0.3, 0.4) is 0 Å². The van der Waals surface area contributed by atoms with Gasteiger partial charge in [-0.05, 0) is 65.2 Å². The number of nitrogens with zero attached hydrogens (tertiary/aromatic N) is 3. The maximum atomic E-state index is 12.9. The van der Waals surface area contributed by atoms with E-state index in [0.29, 0.717) is 62.4 Å². The van der Waals surface area contributed by atoms with E-state index in [4.69, 9.17) is 9.47 Å². The van der Waals surface area contributed by atoms with Gasteiger partial charge in [-0.15, -0.1) is 21.5 Å². The maximum Gasteiger partial charge on any atom is 0.247 e. The van der Waals surface area contributed by atoms with E-state index in [9.17, 15) is 26.4 Å². The Morgan fingerprint density at radius 1 is 0.731 bits per heavy atom. The van der Waals surface area contributed by atoms with Gasteiger partial charge in [-0.25, -0.2) is 21.8 Å². The van der Waals surface area contributed by atoms with Crippen molar-refractivity contribution in [3.8, 4) is 11.3 Å². The van der Waals surface area contributed by atoms with Crippen LogP contribution in [0.2, 0.25) is 0 Å². The summed E-state index contributed by atoms with van der Waals surface area (Å²) in [5.41, 5.74) is 1.52. The predicted molar refractivity (Wildman–Crippen MR) is 206 cm³/mol. The number of hydrogen-bond donors (Lipinski definition) is 2. The summed E-state index contributed by atoms with van der Waals surface area (Å²) < 4.78 is 58.8. The number of carbonyl (C=O) groups excluding carboxylic acids is 2. The molecule has 2 N–H and O–H groups in total. The second kappa shape index (κ2) is 17.1. The highest BCUT2D eigenvalue weighted by molar-refractivity contribution is 7.93. The lowest BCUT2D eigenvalue weighted by atomic mass is 9.98. The highest BCUT2D eigenvalue weighted by atomic mass is 32.2. The number of benzene rings is 1. The minimum absolute atomic E-state index is 0.000139. The van der Waals surface area contributed by atoms with Gasteiger partial charge in [0.05, 0.1) is 17.2 Å². The highest BCUT2D eigenvalue weighted by Gasteiger charge is 2.44. The molecule has 4 heterocycles. The molecule has 2 amide bonds. The van der Waals surface area contributed by atoms with Crippen molar-refractivity contribution in [1.82, 2.24) is 15.2 Å². The zero-order chi connectivity index (χ0) is 38.4. The first-order valence-corrected chi connectivity index (χ1v) is 22.3. The molecular formula is C35H51N5O8S4. The van der Waals surface area contributed by atoms with Crippen molar-refractivity contribution < 1.29 is 35.9 Å². The number of ether oxygens (including phenoxy) is 2. The standard InChI is InChI=1S/C19H24N2O4S2.C16H27N3O4S2/c1-19(2,27(23,24)13-14-8-10-25-11-9-14)17(22)21-18-20-16(12-26-18)15-6-4-3-5-7-15;1-15(2,3)13-18-19-14(24-13)17-12(20)16(4,5)25(21,22)10-11-6-8-23-9-7-11/h3-7,12,14H,8-11,13H2,1-2H3,(H,20,21,22);11H,6-10H2,1-5H3,(H,17,19,20). The largest absolute Gasteiger partial charge is 0.381 e. The molecule has 17 heteroatoms. The van der Waals surface area contributed by atoms with Crippen molar-refractivity contribution in [3.63, 3.8) is 0 Å². The van der Waals surface area contributed by atoms with E-state index >= 15 is 0 Å². The smallest absolute Gasteiger partial charge is 0.247 e. The Labute approximate surface area is 315 Å². The number of sulfone groups is 2. The highest BCUT2D eigenvalue weighted by Crippen LogP contribution is 2.31. The number of aromatic nitrogens is 3. The predicted octanol–water partition coefficient (Wildman–Crippen LogP) is 5.76. The van der Waals surface area contributed by atoms with Crippen molar-refractivity contribution in [1.29, 1.82) is 0 Å². The second-order valence-electron chi connectivity index (χ2n) is 15.2. The minimum atomic E-state index is -3.61. The van der Waals surface area contributed by atoms with Crippen LogP contribution < -0.4 is 10.6 Å². The summed E-state index contributed by atoms with van der Waals surface area (Å²) in [5, 5.41) is 16.7. The van der Waals surface area contributed by atoms with Crippen LogP contribution in [0.5, 0.6) is 0 Å². The van der Waals surface area contributed by atoms with E-state index < -0.39 is 41.0 Å². The average molecular weight is 798 g/mol. The summed E-state index contributed by atoms with van der Waals surface area (Å²) in [6.07, 6.45) is 2.85. The molecule has 2 fully saturated rings. The summed E-state index contributed by atoms with van der Waals surface area (Å²) >= 11 is 2.55. The molecule has 13 nitrogen and oxygen atoms in total. The van der Waals surface area contributed by atoms with Crippen LogP contribution in [0, 0.1) is 11.8 Å². The van der Waals surface area contributed by atoms with Crippen LogP contribution >= 0.6 is 22.7 Å². The topological polar surface area (TPSA) is 184 Å². The quantitative estimate of drug-likeness (QED) is 0.241. The van der Waals surface area contributed by atoms with Gasteiger partial charge < -0.3 is 14.8 Å². The maximum absolute atomic E-state index is 12.9. The Balaban J connectivity index is 0.000000234. The molecule has 0 aliphatic carbocycles. The van der Waals surface area contributed by atoms with E-state index in [2.05, 4.69) is 25.8 Å². The first-order valence-electron chi connectivity index (χ1n) is 17.3. The fourth-order valence-corrected chi connectivity index (χ4v) is 10.2. The molecule has 3 aromatic rings. The molecular weight excluding hydrogens is 747 g/mol. The monoisotopic (exact) mass is 797 g/mol. The number of anilines is 2. The zero-order valence-electron chi connectivity index (χ0n) is 30.9. The molecule has 0 radical (unpaired) electrons. The van der Waals surface area contributed by atoms with Gasteiger partial charge >= 0.3 is 0 Å². The van der Waals surface area contributed by atoms with Gasteiger partial charge in [0.1, 0.15) is 14.5 Å². The van der Waals surface area contributed by atoms with Gasteiger partial charge in [0.15, 0.2) is 24.8 Å². The fraction of sp³-hybridized carbons (Fsp3) is 0.629. The van der Waals surface area contributed by atoms with Crippen molar-refractivity contribution in [3.05, 3.63) is 40.7 Å². The molecule has 2 aliphatic rings. The first-order chi connectivity index (χ1) is 24.2. The SMILES string of the molecule is CC(C)(C(=O)Nc1nc(-c2ccccc2)cs1)S(=O)(=O)CC1CCOCC1.CC(C)(C)c1nnc(NC(=O)C(C)(C)S(=O)(=O)CC2CCOCC2)s1. The summed E-state index contributed by atoms with van der Waals surface area (Å²) in [6.45, 7) is 14.1. The van der Waals surface area contributed by atoms with Gasteiger partial charge in [-0.3, -0.25) is 14.9 Å². The lowest BCUT2D eigenvalue weighted by Crippen LogP contribution is -2.47. The molecule has 2 aliphatic heterocycles. The van der Waals surface area contributed by atoms with E-state index in [-0.39, 0.29) is 28.8 Å². The van der Waals surface area contributed by atoms with Crippen molar-refractivity contribution in [2.45, 2.75) is 89.1 Å². The summed E-state index contributed by atoms with van der Waals surface area (Å²) in [7, 11) is -7.23. The van der Waals surface area contributed by atoms with Gasteiger partial charge in [-0.2, -0.15) is 0 Å². The number of rotatable bonds is 11. The molecule has 0 saturated carbocycles. The molecule has 2 saturated heterocycles. The van der Waals surface area contributed by atoms with Crippen LogP contribution in [0.1, 0.15) is 79.2 Å². The lowest BCUT2D eigenvalue weighted by molar-refractivity contribution is -0.118. The molecule has 0 unspecified atom stereocenters. The number of amides is 2. The molecule has 0 atom stereocenters. The van der Waals surface area contributed by atoms with Gasteiger partial charge in [0.2, 0.25) is 16.9 Å². The molecule has 1 aromatic carbocycles. The number of nitrogens with one attached hydrogen (secondary N) is 2. The summed E-state index contributed by atoms with van der Waals surface area (Å²) in [6, 6.07) is 9.62. The third-order valence-corrected chi connectivity index (χ3v) is 16.6. The molecule has 5 rings (SSSR count). The van der Waals surface area contributed by atoms with Crippen molar-refractivity contribution in [2.75, 3.05) is 48.6 Å². The molecule has 0 bridgehead atoms. The average Bonchev–Trinajstić information content (AvgIpc) is 3.76. The molecule has 288 valence electrons. The Morgan fingerprint density at radius 3 is 1.63 bits per heavy atom. The number of thiazole rings is 1. The summed E-state index contributed by atoms with van der Waals surface area (Å²) in [5.74, 6) is -1.04. The fourth-order valence-electron chi connectivity index (χ4n) is 5.29. The third kappa shape index (κ3) is 10.6. The first kappa shape index (κ1) is 41.9. The van der Waals surface area contributed by atoms with E-state index in [1.807, 2.05) is 56.5 Å². The zero-order valence-corrected chi connectivity index (χ0v) is 34.2. The second-order valence-corrected chi connectivity index (χ2v) is 22.2. The Morgan fingerprint density at radius 2 is 1.19 bits per heavy atom. The number of carbonyl (C=O) groups is 2. The van der Waals surface area contributed by atoms with Crippen LogP contribution in [-0.2, 0) is 44.2 Å². The lowest BCUT2D eigenvalue weighted by Gasteiger charge is -2.28. The minimum Gasteiger partial charge on any atom is -0.381 e. The third-order valence-electron chi connectivity index (χ3n) is 9.32. The van der Waals surface area contributed by atoms with Crippen LogP contribution in [0.25, 0.3) is 11.3 Å². The van der Waals surface area contributed by atoms with Crippen LogP contribution in [0.4, 0.5) is 10.3 Å². The van der Waals surface area contributed by atoms with E-state index in [0.717, 1.165) is 16.3 Å². The summed E-state index contributed by atoms with van der Waals surface area (Å²) in [4.78, 5) is 29.7. The number of hydrogen-bond acceptors (Lipinski definition) is 13. The van der Waals surface area contributed by atoms with Gasteiger partial charge in [-0.1, -0.05) is 62.4 Å². The van der Waals surface area contributed by atoms with Gasteiger partial charge in [0, 0.05) is 42.8 Å². The van der Waals surface area contributed by atoms with Crippen LogP contribution in [0.15, 0.2) is 35.7 Å². The van der Waals surface area contributed by atoms with Gasteiger partial charge in [0.25, 0.3) is 0 Å². The molecule has 0 spiro atoms. The molecule has 2 aromatic heterocycles. The van der Waals surface area contributed by atoms with Crippen LogP contribution in [-0.4, -0.2) is 91.3 Å². The Bertz CT molecular complexity index is 1870. The van der Waals surface area contributed by atoms with Crippen molar-refractivity contribution >= 4 is 64.4 Å². The van der Waals surface area contributed by atoms with Crippen molar-refractivity contribution in [2.24, 2.45) is 11.8 Å². The molecule has 52 heavy (non-hydrogen) atoms. The normalized spacial score (nSPS) is 16.8. The van der Waals surface area contributed by atoms with E-state index in [1.165, 1.54) is 50.4 Å².